The van der Waals surface area contributed by atoms with Crippen molar-refractivity contribution in [1.29, 1.82) is 0 Å². The summed E-state index contributed by atoms with van der Waals surface area (Å²) in [6.07, 6.45) is 4.32. The Morgan fingerprint density at radius 1 is 1.57 bits per heavy atom. The van der Waals surface area contributed by atoms with E-state index in [1.165, 1.54) is 0 Å². The molecule has 0 spiro atoms. The van der Waals surface area contributed by atoms with Gasteiger partial charge in [-0.15, -0.1) is 0 Å². The second kappa shape index (κ2) is 7.84. The number of carbonyl (C=O) groups is 1. The Morgan fingerprint density at radius 3 is 2.76 bits per heavy atom. The zero-order valence-electron chi connectivity index (χ0n) is 13.6. The lowest BCUT2D eigenvalue weighted by molar-refractivity contribution is 0.0724. The molecule has 1 atom stereocenters. The first kappa shape index (κ1) is 18.0. The Balaban J connectivity index is 2.76. The molecule has 5 nitrogen and oxygen atoms in total. The van der Waals surface area contributed by atoms with E-state index < -0.39 is 5.60 Å². The van der Waals surface area contributed by atoms with Gasteiger partial charge in [-0.05, 0) is 25.5 Å². The average molecular weight is 313 g/mol. The molecule has 0 aromatic carbocycles. The maximum atomic E-state index is 12.3. The summed E-state index contributed by atoms with van der Waals surface area (Å²) in [6.45, 7) is 9.05. The van der Waals surface area contributed by atoms with E-state index in [9.17, 15) is 9.90 Å². The van der Waals surface area contributed by atoms with Crippen LogP contribution in [0.2, 0.25) is 0 Å². The quantitative estimate of drug-likeness (QED) is 0.770. The van der Waals surface area contributed by atoms with E-state index in [0.29, 0.717) is 17.2 Å². The van der Waals surface area contributed by atoms with E-state index in [1.807, 2.05) is 17.9 Å². The van der Waals surface area contributed by atoms with Crippen LogP contribution >= 0.6 is 11.8 Å². The van der Waals surface area contributed by atoms with E-state index in [4.69, 9.17) is 0 Å². The van der Waals surface area contributed by atoms with Crippen LogP contribution in [0, 0.1) is 5.92 Å². The number of thioether (sulfide) groups is 1. The van der Waals surface area contributed by atoms with Gasteiger partial charge in [-0.25, -0.2) is 0 Å². The average Bonchev–Trinajstić information content (AvgIpc) is 2.78. The van der Waals surface area contributed by atoms with Crippen molar-refractivity contribution >= 4 is 17.7 Å². The van der Waals surface area contributed by atoms with Crippen molar-refractivity contribution in [1.82, 2.24) is 15.1 Å². The van der Waals surface area contributed by atoms with Crippen LogP contribution in [-0.4, -0.2) is 44.9 Å². The third-order valence-corrected chi connectivity index (χ3v) is 4.06. The zero-order chi connectivity index (χ0) is 16.0. The minimum absolute atomic E-state index is 0.164. The number of aromatic nitrogens is 2. The predicted octanol–water partition coefficient (Wildman–Crippen LogP) is 1.95. The molecule has 1 heterocycles. The van der Waals surface area contributed by atoms with Gasteiger partial charge in [0.1, 0.15) is 0 Å². The number of nitrogens with one attached hydrogen (secondary N) is 1. The van der Waals surface area contributed by atoms with Gasteiger partial charge in [-0.1, -0.05) is 20.8 Å². The molecule has 1 aromatic rings. The van der Waals surface area contributed by atoms with Crippen LogP contribution in [0.5, 0.6) is 0 Å². The maximum absolute atomic E-state index is 12.3. The number of rotatable bonds is 8. The maximum Gasteiger partial charge on any atom is 0.254 e. The first-order chi connectivity index (χ1) is 9.80. The number of aliphatic hydroxyl groups is 1. The van der Waals surface area contributed by atoms with Crippen molar-refractivity contribution in [2.24, 2.45) is 5.92 Å². The molecule has 0 saturated heterocycles. The predicted molar refractivity (Wildman–Crippen MR) is 87.8 cm³/mol. The largest absolute Gasteiger partial charge is 0.387 e. The van der Waals surface area contributed by atoms with Gasteiger partial charge < -0.3 is 10.4 Å². The minimum Gasteiger partial charge on any atom is -0.387 e. The fraction of sp³-hybridized carbons (Fsp3) is 0.733. The van der Waals surface area contributed by atoms with Crippen molar-refractivity contribution in [2.45, 2.75) is 46.3 Å². The highest BCUT2D eigenvalue weighted by atomic mass is 32.2. The smallest absolute Gasteiger partial charge is 0.254 e. The van der Waals surface area contributed by atoms with Crippen molar-refractivity contribution in [3.05, 3.63) is 17.5 Å². The van der Waals surface area contributed by atoms with Gasteiger partial charge in [0.15, 0.2) is 0 Å². The van der Waals surface area contributed by atoms with Gasteiger partial charge in [-0.2, -0.15) is 16.9 Å². The van der Waals surface area contributed by atoms with Gasteiger partial charge in [0.25, 0.3) is 5.91 Å². The molecule has 1 rings (SSSR count). The molecule has 1 unspecified atom stereocenters. The number of carbonyl (C=O) groups excluding carboxylic acids is 1. The standard InChI is InChI=1S/C15H27N3O2S/c1-6-13-12(7-17-18(13)8-11(2)3)14(19)16-9-15(4,20)10-21-5/h7,11,20H,6,8-10H2,1-5H3,(H,16,19). The summed E-state index contributed by atoms with van der Waals surface area (Å²) in [7, 11) is 0. The second-order valence-corrected chi connectivity index (χ2v) is 6.91. The molecular weight excluding hydrogens is 286 g/mol. The third kappa shape index (κ3) is 5.36. The van der Waals surface area contributed by atoms with Crippen LogP contribution in [0.25, 0.3) is 0 Å². The highest BCUT2D eigenvalue weighted by Gasteiger charge is 2.22. The Hall–Kier alpha value is -1.01. The molecule has 0 aliphatic carbocycles. The number of nitrogens with zero attached hydrogens (tertiary/aromatic N) is 2. The molecule has 120 valence electrons. The third-order valence-electron chi connectivity index (χ3n) is 3.15. The summed E-state index contributed by atoms with van der Waals surface area (Å²) in [5.74, 6) is 0.900. The molecule has 0 radical (unpaired) electrons. The Morgan fingerprint density at radius 2 is 2.24 bits per heavy atom. The Bertz CT molecular complexity index is 469. The second-order valence-electron chi connectivity index (χ2n) is 6.05. The van der Waals surface area contributed by atoms with Crippen molar-refractivity contribution < 1.29 is 9.90 Å². The number of hydrogen-bond donors (Lipinski definition) is 2. The van der Waals surface area contributed by atoms with Crippen LogP contribution in [0.15, 0.2) is 6.20 Å². The Kier molecular flexibility index (Phi) is 6.74. The van der Waals surface area contributed by atoms with Crippen molar-refractivity contribution in [2.75, 3.05) is 18.6 Å². The molecular formula is C15H27N3O2S. The molecule has 0 fully saturated rings. The molecule has 6 heteroatoms. The van der Waals surface area contributed by atoms with E-state index in [-0.39, 0.29) is 12.5 Å². The summed E-state index contributed by atoms with van der Waals surface area (Å²) in [4.78, 5) is 12.3. The number of hydrogen-bond acceptors (Lipinski definition) is 4. The summed E-state index contributed by atoms with van der Waals surface area (Å²) < 4.78 is 1.90. The minimum atomic E-state index is -0.893. The first-order valence-electron chi connectivity index (χ1n) is 7.35. The molecule has 0 saturated carbocycles. The summed E-state index contributed by atoms with van der Waals surface area (Å²) in [5.41, 5.74) is 0.666. The lowest BCUT2D eigenvalue weighted by Gasteiger charge is -2.22. The van der Waals surface area contributed by atoms with E-state index in [1.54, 1.807) is 24.9 Å². The van der Waals surface area contributed by atoms with Crippen LogP contribution in [0.1, 0.15) is 43.7 Å². The molecule has 1 aromatic heterocycles. The van der Waals surface area contributed by atoms with Crippen LogP contribution in [0.4, 0.5) is 0 Å². The van der Waals surface area contributed by atoms with Crippen molar-refractivity contribution in [3.8, 4) is 0 Å². The fourth-order valence-electron chi connectivity index (χ4n) is 2.20. The normalized spacial score (nSPS) is 14.2. The Labute approximate surface area is 131 Å². The van der Waals surface area contributed by atoms with E-state index in [0.717, 1.165) is 18.7 Å². The summed E-state index contributed by atoms with van der Waals surface area (Å²) in [5, 5.41) is 17.2. The SMILES string of the molecule is CCc1c(C(=O)NCC(C)(O)CSC)cnn1CC(C)C. The molecule has 0 bridgehead atoms. The van der Waals surface area contributed by atoms with Crippen LogP contribution in [0.3, 0.4) is 0 Å². The van der Waals surface area contributed by atoms with Gasteiger partial charge >= 0.3 is 0 Å². The topological polar surface area (TPSA) is 67.2 Å². The summed E-state index contributed by atoms with van der Waals surface area (Å²) in [6, 6.07) is 0. The number of amides is 1. The molecule has 1 amide bonds. The molecule has 2 N–H and O–H groups in total. The van der Waals surface area contributed by atoms with Crippen LogP contribution in [-0.2, 0) is 13.0 Å². The van der Waals surface area contributed by atoms with E-state index >= 15 is 0 Å². The monoisotopic (exact) mass is 313 g/mol. The van der Waals surface area contributed by atoms with Gasteiger partial charge in [0, 0.05) is 18.8 Å². The van der Waals surface area contributed by atoms with Gasteiger partial charge in [-0.3, -0.25) is 9.48 Å². The lowest BCUT2D eigenvalue weighted by atomic mass is 10.1. The molecule has 0 aliphatic rings. The highest BCUT2D eigenvalue weighted by molar-refractivity contribution is 7.98. The van der Waals surface area contributed by atoms with Gasteiger partial charge in [0.2, 0.25) is 0 Å². The van der Waals surface area contributed by atoms with Crippen molar-refractivity contribution in [3.63, 3.8) is 0 Å². The lowest BCUT2D eigenvalue weighted by Crippen LogP contribution is -2.42. The molecule has 0 aliphatic heterocycles. The zero-order valence-corrected chi connectivity index (χ0v) is 14.5. The molecule has 21 heavy (non-hydrogen) atoms. The van der Waals surface area contributed by atoms with Gasteiger partial charge in [0.05, 0.1) is 23.1 Å². The van der Waals surface area contributed by atoms with Crippen LogP contribution < -0.4 is 5.32 Å². The highest BCUT2D eigenvalue weighted by Crippen LogP contribution is 2.13. The first-order valence-corrected chi connectivity index (χ1v) is 8.74. The van der Waals surface area contributed by atoms with E-state index in [2.05, 4.69) is 24.3 Å². The fourth-order valence-corrected chi connectivity index (χ4v) is 2.93. The summed E-state index contributed by atoms with van der Waals surface area (Å²) >= 11 is 1.56.